The van der Waals surface area contributed by atoms with Gasteiger partial charge in [0.2, 0.25) is 11.8 Å². The van der Waals surface area contributed by atoms with E-state index >= 15 is 0 Å². The fraction of sp³-hybridized carbons (Fsp3) is 0.474. The summed E-state index contributed by atoms with van der Waals surface area (Å²) in [5, 5.41) is 12.9. The smallest absolute Gasteiger partial charge is 0.335 e. The number of amides is 1. The van der Waals surface area contributed by atoms with E-state index in [1.54, 1.807) is 36.2 Å². The molecule has 1 heterocycles. The second-order valence-corrected chi connectivity index (χ2v) is 7.37. The molecule has 0 unspecified atom stereocenters. The summed E-state index contributed by atoms with van der Waals surface area (Å²) in [6.45, 7) is 6.49. The molecule has 1 amide bonds. The lowest BCUT2D eigenvalue weighted by Crippen LogP contribution is -2.26. The molecule has 0 saturated carbocycles. The number of aromatic nitrogens is 2. The molecule has 0 aliphatic heterocycles. The van der Waals surface area contributed by atoms with E-state index in [0.29, 0.717) is 37.5 Å². The predicted octanol–water partition coefficient (Wildman–Crippen LogP) is 3.05. The highest BCUT2D eigenvalue weighted by molar-refractivity contribution is 5.87. The number of benzene rings is 1. The van der Waals surface area contributed by atoms with E-state index in [9.17, 15) is 9.59 Å². The van der Waals surface area contributed by atoms with Crippen LogP contribution in [-0.4, -0.2) is 39.1 Å². The van der Waals surface area contributed by atoms with Crippen molar-refractivity contribution in [2.75, 3.05) is 7.05 Å². The fourth-order valence-corrected chi connectivity index (χ4v) is 2.36. The molecule has 26 heavy (non-hydrogen) atoms. The molecule has 0 spiro atoms. The number of nitrogens with zero attached hydrogens (tertiary/aromatic N) is 3. The Labute approximate surface area is 153 Å². The highest BCUT2D eigenvalue weighted by atomic mass is 16.5. The number of carboxylic acids is 1. The highest BCUT2D eigenvalue weighted by Gasteiger charge is 2.21. The van der Waals surface area contributed by atoms with E-state index < -0.39 is 5.97 Å². The number of hydrogen-bond donors (Lipinski definition) is 1. The van der Waals surface area contributed by atoms with Crippen LogP contribution in [0.15, 0.2) is 28.8 Å². The minimum absolute atomic E-state index is 0.0165. The van der Waals surface area contributed by atoms with E-state index in [1.165, 1.54) is 0 Å². The Morgan fingerprint density at radius 2 is 1.85 bits per heavy atom. The van der Waals surface area contributed by atoms with Crippen LogP contribution in [0.5, 0.6) is 0 Å². The Bertz CT molecular complexity index is 760. The predicted molar refractivity (Wildman–Crippen MR) is 95.8 cm³/mol. The van der Waals surface area contributed by atoms with Crippen LogP contribution in [0.25, 0.3) is 0 Å². The van der Waals surface area contributed by atoms with Crippen molar-refractivity contribution in [2.24, 2.45) is 0 Å². The Kier molecular flexibility index (Phi) is 6.13. The quantitative estimate of drug-likeness (QED) is 0.816. The molecule has 0 atom stereocenters. The first-order chi connectivity index (χ1) is 12.2. The summed E-state index contributed by atoms with van der Waals surface area (Å²) in [5.74, 6) is 0.273. The average Bonchev–Trinajstić information content (AvgIpc) is 3.04. The van der Waals surface area contributed by atoms with E-state index in [-0.39, 0.29) is 16.9 Å². The van der Waals surface area contributed by atoms with Gasteiger partial charge in [-0.05, 0) is 24.1 Å². The molecule has 2 rings (SSSR count). The van der Waals surface area contributed by atoms with Crippen molar-refractivity contribution in [3.8, 4) is 0 Å². The van der Waals surface area contributed by atoms with Crippen LogP contribution in [0, 0.1) is 0 Å². The van der Waals surface area contributed by atoms with Crippen LogP contribution < -0.4 is 0 Å². The normalized spacial score (nSPS) is 11.4. The third kappa shape index (κ3) is 5.40. The zero-order valence-electron chi connectivity index (χ0n) is 15.7. The molecule has 0 aliphatic carbocycles. The van der Waals surface area contributed by atoms with Crippen LogP contribution in [0.3, 0.4) is 0 Å². The van der Waals surface area contributed by atoms with Crippen molar-refractivity contribution >= 4 is 11.9 Å². The zero-order valence-corrected chi connectivity index (χ0v) is 15.7. The fourth-order valence-electron chi connectivity index (χ4n) is 2.36. The standard InChI is InChI=1S/C19H25N3O4/c1-19(2,3)18-20-15(26-21-18)6-5-7-16(23)22(4)12-13-8-10-14(11-9-13)17(24)25/h8-11H,5-7,12H2,1-4H3,(H,24,25). The van der Waals surface area contributed by atoms with Crippen molar-refractivity contribution in [2.45, 2.75) is 52.0 Å². The molecule has 0 saturated heterocycles. The summed E-state index contributed by atoms with van der Waals surface area (Å²) in [6.07, 6.45) is 1.58. The molecule has 1 N–H and O–H groups in total. The van der Waals surface area contributed by atoms with Gasteiger partial charge in [-0.25, -0.2) is 4.79 Å². The van der Waals surface area contributed by atoms with Crippen LogP contribution in [-0.2, 0) is 23.2 Å². The maximum Gasteiger partial charge on any atom is 0.335 e. The highest BCUT2D eigenvalue weighted by Crippen LogP contribution is 2.19. The second-order valence-electron chi connectivity index (χ2n) is 7.37. The second kappa shape index (κ2) is 8.12. The summed E-state index contributed by atoms with van der Waals surface area (Å²) in [6, 6.07) is 6.52. The molecule has 0 aliphatic rings. The van der Waals surface area contributed by atoms with Gasteiger partial charge >= 0.3 is 5.97 Å². The number of aryl methyl sites for hydroxylation is 1. The van der Waals surface area contributed by atoms with E-state index in [0.717, 1.165) is 5.56 Å². The van der Waals surface area contributed by atoms with Gasteiger partial charge in [0.05, 0.1) is 5.56 Å². The topological polar surface area (TPSA) is 96.5 Å². The lowest BCUT2D eigenvalue weighted by molar-refractivity contribution is -0.130. The molecule has 140 valence electrons. The first kappa shape index (κ1) is 19.6. The van der Waals surface area contributed by atoms with Gasteiger partial charge in [-0.1, -0.05) is 38.1 Å². The zero-order chi connectivity index (χ0) is 19.3. The molecular weight excluding hydrogens is 334 g/mol. The number of hydrogen-bond acceptors (Lipinski definition) is 5. The molecule has 0 fully saturated rings. The van der Waals surface area contributed by atoms with E-state index in [2.05, 4.69) is 10.1 Å². The average molecular weight is 359 g/mol. The van der Waals surface area contributed by atoms with Gasteiger partial charge in [-0.3, -0.25) is 4.79 Å². The summed E-state index contributed by atoms with van der Waals surface area (Å²) < 4.78 is 5.23. The Morgan fingerprint density at radius 3 is 2.38 bits per heavy atom. The molecule has 1 aromatic carbocycles. The summed E-state index contributed by atoms with van der Waals surface area (Å²) in [7, 11) is 1.73. The number of carbonyl (C=O) groups excluding carboxylic acids is 1. The van der Waals surface area contributed by atoms with E-state index in [4.69, 9.17) is 9.63 Å². The van der Waals surface area contributed by atoms with Crippen LogP contribution in [0.4, 0.5) is 0 Å². The van der Waals surface area contributed by atoms with Crippen molar-refractivity contribution < 1.29 is 19.2 Å². The van der Waals surface area contributed by atoms with Gasteiger partial charge < -0.3 is 14.5 Å². The first-order valence-corrected chi connectivity index (χ1v) is 8.56. The maximum absolute atomic E-state index is 12.2. The van der Waals surface area contributed by atoms with Crippen LogP contribution in [0.1, 0.15) is 61.2 Å². The largest absolute Gasteiger partial charge is 0.478 e. The monoisotopic (exact) mass is 359 g/mol. The van der Waals surface area contributed by atoms with Crippen molar-refractivity contribution in [1.29, 1.82) is 0 Å². The molecule has 7 nitrogen and oxygen atoms in total. The minimum Gasteiger partial charge on any atom is -0.478 e. The lowest BCUT2D eigenvalue weighted by Gasteiger charge is -2.17. The van der Waals surface area contributed by atoms with Gasteiger partial charge in [-0.2, -0.15) is 4.98 Å². The Morgan fingerprint density at radius 1 is 1.19 bits per heavy atom. The van der Waals surface area contributed by atoms with Gasteiger partial charge in [0.15, 0.2) is 5.82 Å². The minimum atomic E-state index is -0.961. The van der Waals surface area contributed by atoms with Crippen LogP contribution >= 0.6 is 0 Å². The number of aromatic carboxylic acids is 1. The van der Waals surface area contributed by atoms with Gasteiger partial charge in [0.1, 0.15) is 0 Å². The van der Waals surface area contributed by atoms with Crippen molar-refractivity contribution in [3.05, 3.63) is 47.1 Å². The third-order valence-electron chi connectivity index (χ3n) is 3.97. The Hall–Kier alpha value is -2.70. The van der Waals surface area contributed by atoms with E-state index in [1.807, 2.05) is 20.8 Å². The van der Waals surface area contributed by atoms with Crippen LogP contribution in [0.2, 0.25) is 0 Å². The molecule has 2 aromatic rings. The first-order valence-electron chi connectivity index (χ1n) is 8.56. The SMILES string of the molecule is CN(Cc1ccc(C(=O)O)cc1)C(=O)CCCc1nc(C(C)(C)C)no1. The van der Waals surface area contributed by atoms with Gasteiger partial charge in [-0.15, -0.1) is 0 Å². The Balaban J connectivity index is 1.80. The molecular formula is C19H25N3O4. The van der Waals surface area contributed by atoms with Gasteiger partial charge in [0.25, 0.3) is 0 Å². The number of carbonyl (C=O) groups is 2. The van der Waals surface area contributed by atoms with Crippen molar-refractivity contribution in [3.63, 3.8) is 0 Å². The molecule has 1 aromatic heterocycles. The summed E-state index contributed by atoms with van der Waals surface area (Å²) in [5.41, 5.74) is 0.961. The molecule has 0 bridgehead atoms. The lowest BCUT2D eigenvalue weighted by atomic mass is 9.96. The number of rotatable bonds is 7. The summed E-state index contributed by atoms with van der Waals surface area (Å²) >= 11 is 0. The number of carboxylic acid groups (broad SMARTS) is 1. The third-order valence-corrected chi connectivity index (χ3v) is 3.97. The summed E-state index contributed by atoms with van der Waals surface area (Å²) in [4.78, 5) is 29.1. The molecule has 0 radical (unpaired) electrons. The maximum atomic E-state index is 12.2. The molecule has 7 heteroatoms. The van der Waals surface area contributed by atoms with Crippen molar-refractivity contribution in [1.82, 2.24) is 15.0 Å². The van der Waals surface area contributed by atoms with Gasteiger partial charge in [0, 0.05) is 31.8 Å².